The van der Waals surface area contributed by atoms with Crippen LogP contribution < -0.4 is 9.47 Å². The molecule has 0 unspecified atom stereocenters. The van der Waals surface area contributed by atoms with E-state index in [1.54, 1.807) is 11.3 Å². The van der Waals surface area contributed by atoms with Gasteiger partial charge >= 0.3 is 0 Å². The standard InChI is InChI=1S/C18H19NO3S/c20-18(19-7-1-3-14(19)17-4-2-10-23-17)12-13-5-6-15-16(11-13)22-9-8-21-15/h2,4-6,10-11,14H,1,3,7-9,12H2/t14-/m1/s1. The summed E-state index contributed by atoms with van der Waals surface area (Å²) in [6.45, 7) is 2.00. The van der Waals surface area contributed by atoms with E-state index < -0.39 is 0 Å². The van der Waals surface area contributed by atoms with Crippen molar-refractivity contribution in [3.63, 3.8) is 0 Å². The highest BCUT2D eigenvalue weighted by Crippen LogP contribution is 2.35. The zero-order valence-electron chi connectivity index (χ0n) is 12.9. The molecule has 2 aliphatic rings. The first-order valence-corrected chi connectivity index (χ1v) is 8.90. The van der Waals surface area contributed by atoms with Crippen LogP contribution in [0.5, 0.6) is 11.5 Å². The molecule has 2 aliphatic heterocycles. The number of carbonyl (C=O) groups is 1. The Hall–Kier alpha value is -2.01. The minimum absolute atomic E-state index is 0.192. The molecule has 1 saturated heterocycles. The Kier molecular flexibility index (Phi) is 3.95. The lowest BCUT2D eigenvalue weighted by atomic mass is 10.1. The third-order valence-corrected chi connectivity index (χ3v) is 5.38. The number of carbonyl (C=O) groups excluding carboxylic acids is 1. The van der Waals surface area contributed by atoms with Gasteiger partial charge in [0.2, 0.25) is 5.91 Å². The van der Waals surface area contributed by atoms with E-state index in [0.29, 0.717) is 19.6 Å². The summed E-state index contributed by atoms with van der Waals surface area (Å²) in [6.07, 6.45) is 2.56. The van der Waals surface area contributed by atoms with E-state index in [1.807, 2.05) is 23.1 Å². The van der Waals surface area contributed by atoms with E-state index in [1.165, 1.54) is 4.88 Å². The molecule has 120 valence electrons. The number of hydrogen-bond acceptors (Lipinski definition) is 4. The molecule has 0 radical (unpaired) electrons. The molecular formula is C18H19NO3S. The van der Waals surface area contributed by atoms with Gasteiger partial charge in [0, 0.05) is 11.4 Å². The van der Waals surface area contributed by atoms with Gasteiger partial charge in [-0.05, 0) is 42.0 Å². The van der Waals surface area contributed by atoms with Crippen molar-refractivity contribution < 1.29 is 14.3 Å². The third kappa shape index (κ3) is 2.93. The van der Waals surface area contributed by atoms with Crippen molar-refractivity contribution in [1.29, 1.82) is 0 Å². The van der Waals surface area contributed by atoms with Gasteiger partial charge in [0.1, 0.15) is 13.2 Å². The van der Waals surface area contributed by atoms with Gasteiger partial charge in [-0.3, -0.25) is 4.79 Å². The highest BCUT2D eigenvalue weighted by molar-refractivity contribution is 7.10. The van der Waals surface area contributed by atoms with Gasteiger partial charge in [-0.15, -0.1) is 11.3 Å². The number of benzene rings is 1. The lowest BCUT2D eigenvalue weighted by Crippen LogP contribution is -2.31. The van der Waals surface area contributed by atoms with Crippen LogP contribution in [0.25, 0.3) is 0 Å². The molecule has 0 N–H and O–H groups in total. The van der Waals surface area contributed by atoms with Gasteiger partial charge in [-0.1, -0.05) is 12.1 Å². The van der Waals surface area contributed by atoms with Crippen LogP contribution in [0.4, 0.5) is 0 Å². The van der Waals surface area contributed by atoms with Crippen LogP contribution in [0.15, 0.2) is 35.7 Å². The zero-order valence-corrected chi connectivity index (χ0v) is 13.7. The number of rotatable bonds is 3. The molecule has 4 nitrogen and oxygen atoms in total. The van der Waals surface area contributed by atoms with Gasteiger partial charge in [-0.2, -0.15) is 0 Å². The zero-order chi connectivity index (χ0) is 15.6. The fraction of sp³-hybridized carbons (Fsp3) is 0.389. The second-order valence-electron chi connectivity index (χ2n) is 5.92. The van der Waals surface area contributed by atoms with Crippen LogP contribution in [-0.2, 0) is 11.2 Å². The summed E-state index contributed by atoms with van der Waals surface area (Å²) in [5, 5.41) is 2.08. The number of likely N-dealkylation sites (tertiary alicyclic amines) is 1. The minimum Gasteiger partial charge on any atom is -0.486 e. The van der Waals surface area contributed by atoms with Crippen LogP contribution in [0.3, 0.4) is 0 Å². The van der Waals surface area contributed by atoms with Gasteiger partial charge in [0.15, 0.2) is 11.5 Å². The summed E-state index contributed by atoms with van der Waals surface area (Å²) in [7, 11) is 0. The predicted octanol–water partition coefficient (Wildman–Crippen LogP) is 3.43. The van der Waals surface area contributed by atoms with Crippen molar-refractivity contribution in [2.24, 2.45) is 0 Å². The Morgan fingerprint density at radius 1 is 1.22 bits per heavy atom. The highest BCUT2D eigenvalue weighted by atomic mass is 32.1. The topological polar surface area (TPSA) is 38.8 Å². The smallest absolute Gasteiger partial charge is 0.227 e. The van der Waals surface area contributed by atoms with E-state index in [-0.39, 0.29) is 11.9 Å². The Bertz CT molecular complexity index is 698. The van der Waals surface area contributed by atoms with Crippen molar-refractivity contribution in [3.05, 3.63) is 46.2 Å². The van der Waals surface area contributed by atoms with Crippen LogP contribution in [0.2, 0.25) is 0 Å². The maximum atomic E-state index is 12.7. The van der Waals surface area contributed by atoms with Gasteiger partial charge in [0.05, 0.1) is 12.5 Å². The van der Waals surface area contributed by atoms with E-state index in [2.05, 4.69) is 17.5 Å². The predicted molar refractivity (Wildman–Crippen MR) is 89.1 cm³/mol. The highest BCUT2D eigenvalue weighted by Gasteiger charge is 2.30. The summed E-state index contributed by atoms with van der Waals surface area (Å²) in [5.74, 6) is 1.71. The average molecular weight is 329 g/mol. The Balaban J connectivity index is 1.49. The van der Waals surface area contributed by atoms with Crippen molar-refractivity contribution in [3.8, 4) is 11.5 Å². The molecular weight excluding hydrogens is 310 g/mol. The summed E-state index contributed by atoms with van der Waals surface area (Å²) < 4.78 is 11.1. The van der Waals surface area contributed by atoms with Crippen molar-refractivity contribution in [1.82, 2.24) is 4.90 Å². The molecule has 1 atom stereocenters. The van der Waals surface area contributed by atoms with E-state index in [9.17, 15) is 4.79 Å². The first-order valence-electron chi connectivity index (χ1n) is 8.02. The average Bonchev–Trinajstić information content (AvgIpc) is 3.25. The Morgan fingerprint density at radius 3 is 2.91 bits per heavy atom. The maximum absolute atomic E-state index is 12.7. The number of amides is 1. The van der Waals surface area contributed by atoms with Crippen LogP contribution >= 0.6 is 11.3 Å². The van der Waals surface area contributed by atoms with Crippen molar-refractivity contribution in [2.45, 2.75) is 25.3 Å². The summed E-state index contributed by atoms with van der Waals surface area (Å²) >= 11 is 1.74. The largest absolute Gasteiger partial charge is 0.486 e. The summed E-state index contributed by atoms with van der Waals surface area (Å²) in [5.41, 5.74) is 0.982. The third-order valence-electron chi connectivity index (χ3n) is 4.41. The molecule has 0 saturated carbocycles. The Morgan fingerprint density at radius 2 is 2.09 bits per heavy atom. The minimum atomic E-state index is 0.192. The molecule has 2 aromatic rings. The first-order chi connectivity index (χ1) is 11.3. The SMILES string of the molecule is O=C(Cc1ccc2c(c1)OCCO2)N1CCC[C@@H]1c1cccs1. The summed E-state index contributed by atoms with van der Waals surface area (Å²) in [6, 6.07) is 10.2. The normalized spacial score (nSPS) is 19.8. The molecule has 1 amide bonds. The number of thiophene rings is 1. The van der Waals surface area contributed by atoms with E-state index in [0.717, 1.165) is 36.4 Å². The molecule has 0 aliphatic carbocycles. The first kappa shape index (κ1) is 14.6. The summed E-state index contributed by atoms with van der Waals surface area (Å²) in [4.78, 5) is 16.1. The second-order valence-corrected chi connectivity index (χ2v) is 6.89. The van der Waals surface area contributed by atoms with Crippen molar-refractivity contribution >= 4 is 17.2 Å². The fourth-order valence-corrected chi connectivity index (χ4v) is 4.19. The molecule has 23 heavy (non-hydrogen) atoms. The fourth-order valence-electron chi connectivity index (χ4n) is 3.32. The van der Waals surface area contributed by atoms with Gasteiger partial charge in [0.25, 0.3) is 0 Å². The molecule has 1 fully saturated rings. The van der Waals surface area contributed by atoms with Gasteiger partial charge < -0.3 is 14.4 Å². The molecule has 1 aromatic heterocycles. The second kappa shape index (κ2) is 6.24. The number of hydrogen-bond donors (Lipinski definition) is 0. The maximum Gasteiger partial charge on any atom is 0.227 e. The number of ether oxygens (including phenoxy) is 2. The molecule has 0 spiro atoms. The number of fused-ring (bicyclic) bond motifs is 1. The molecule has 1 aromatic carbocycles. The molecule has 0 bridgehead atoms. The van der Waals surface area contributed by atoms with Crippen LogP contribution in [0.1, 0.15) is 29.3 Å². The quantitative estimate of drug-likeness (QED) is 0.866. The Labute approximate surface area is 139 Å². The lowest BCUT2D eigenvalue weighted by Gasteiger charge is -2.24. The van der Waals surface area contributed by atoms with E-state index in [4.69, 9.17) is 9.47 Å². The molecule has 4 rings (SSSR count). The lowest BCUT2D eigenvalue weighted by molar-refractivity contribution is -0.131. The van der Waals surface area contributed by atoms with Gasteiger partial charge in [-0.25, -0.2) is 0 Å². The monoisotopic (exact) mass is 329 g/mol. The number of nitrogens with zero attached hydrogens (tertiary/aromatic N) is 1. The van der Waals surface area contributed by atoms with Crippen molar-refractivity contribution in [2.75, 3.05) is 19.8 Å². The molecule has 5 heteroatoms. The van der Waals surface area contributed by atoms with Crippen LogP contribution in [-0.4, -0.2) is 30.6 Å². The van der Waals surface area contributed by atoms with E-state index >= 15 is 0 Å². The van der Waals surface area contributed by atoms with Crippen LogP contribution in [0, 0.1) is 0 Å². The molecule has 3 heterocycles.